The lowest BCUT2D eigenvalue weighted by atomic mass is 10.0. The fraction of sp³-hybridized carbons (Fsp3) is 0.818. The van der Waals surface area contributed by atoms with E-state index in [0.717, 1.165) is 6.42 Å². The number of amides is 2. The van der Waals surface area contributed by atoms with Gasteiger partial charge in [-0.15, -0.1) is 0 Å². The molecule has 2 unspecified atom stereocenters. The zero-order chi connectivity index (χ0) is 12.7. The molecule has 0 saturated heterocycles. The largest absolute Gasteiger partial charge is 0.351 e. The Labute approximate surface area is 103 Å². The first-order valence-corrected chi connectivity index (χ1v) is 6.23. The summed E-state index contributed by atoms with van der Waals surface area (Å²) in [5.41, 5.74) is 0. The lowest BCUT2D eigenvalue weighted by molar-refractivity contribution is -0.128. The van der Waals surface area contributed by atoms with E-state index in [-0.39, 0.29) is 17.9 Å². The molecule has 0 fully saturated rings. The van der Waals surface area contributed by atoms with Gasteiger partial charge in [-0.1, -0.05) is 20.8 Å². The molecular formula is C11H22N2O2S. The third-order valence-electron chi connectivity index (χ3n) is 2.45. The molecule has 0 saturated carbocycles. The summed E-state index contributed by atoms with van der Waals surface area (Å²) in [5, 5.41) is 5.49. The second-order valence-electron chi connectivity index (χ2n) is 4.20. The number of carbonyl (C=O) groups is 2. The fourth-order valence-electron chi connectivity index (χ4n) is 1.46. The first-order valence-electron chi connectivity index (χ1n) is 5.60. The van der Waals surface area contributed by atoms with Crippen LogP contribution < -0.4 is 10.6 Å². The zero-order valence-corrected chi connectivity index (χ0v) is 11.3. The van der Waals surface area contributed by atoms with E-state index < -0.39 is 6.04 Å². The number of hydrogen-bond acceptors (Lipinski definition) is 3. The quantitative estimate of drug-likeness (QED) is 0.612. The highest BCUT2D eigenvalue weighted by Gasteiger charge is 2.21. The van der Waals surface area contributed by atoms with Gasteiger partial charge in [-0.3, -0.25) is 9.59 Å². The molecule has 0 aliphatic heterocycles. The van der Waals surface area contributed by atoms with Crippen molar-refractivity contribution in [1.82, 2.24) is 10.6 Å². The maximum atomic E-state index is 11.8. The molecule has 2 atom stereocenters. The standard InChI is InChI=1S/C11H22N2O2S/c1-5-9(7(2)3)13-11(15)10(6-16)12-8(4)14/h7,9-10,16H,5-6H2,1-4H3,(H,12,14)(H,13,15). The van der Waals surface area contributed by atoms with Crippen molar-refractivity contribution < 1.29 is 9.59 Å². The van der Waals surface area contributed by atoms with Crippen LogP contribution >= 0.6 is 12.6 Å². The van der Waals surface area contributed by atoms with Crippen LogP contribution in [0.4, 0.5) is 0 Å². The van der Waals surface area contributed by atoms with E-state index in [0.29, 0.717) is 11.7 Å². The molecule has 0 aromatic carbocycles. The molecule has 2 N–H and O–H groups in total. The van der Waals surface area contributed by atoms with E-state index in [9.17, 15) is 9.59 Å². The maximum absolute atomic E-state index is 11.8. The molecule has 0 aliphatic carbocycles. The summed E-state index contributed by atoms with van der Waals surface area (Å²) in [7, 11) is 0. The first-order chi connectivity index (χ1) is 7.42. The summed E-state index contributed by atoms with van der Waals surface area (Å²) in [5.74, 6) is 0.310. The molecule has 0 aliphatic rings. The second kappa shape index (κ2) is 7.54. The highest BCUT2D eigenvalue weighted by molar-refractivity contribution is 7.80. The molecule has 0 heterocycles. The minimum atomic E-state index is -0.548. The van der Waals surface area contributed by atoms with E-state index in [1.165, 1.54) is 6.92 Å². The Hall–Kier alpha value is -0.710. The molecule has 0 aromatic heterocycles. The Morgan fingerprint density at radius 2 is 1.81 bits per heavy atom. The molecule has 4 nitrogen and oxygen atoms in total. The normalized spacial score (nSPS) is 14.4. The molecule has 2 amide bonds. The van der Waals surface area contributed by atoms with Gasteiger partial charge in [0.05, 0.1) is 0 Å². The highest BCUT2D eigenvalue weighted by atomic mass is 32.1. The minimum Gasteiger partial charge on any atom is -0.351 e. The number of nitrogens with one attached hydrogen (secondary N) is 2. The van der Waals surface area contributed by atoms with Crippen LogP contribution in [0.25, 0.3) is 0 Å². The molecule has 94 valence electrons. The van der Waals surface area contributed by atoms with Gasteiger partial charge in [-0.05, 0) is 12.3 Å². The van der Waals surface area contributed by atoms with E-state index in [1.54, 1.807) is 0 Å². The molecule has 0 bridgehead atoms. The molecular weight excluding hydrogens is 224 g/mol. The van der Waals surface area contributed by atoms with Gasteiger partial charge in [0.15, 0.2) is 0 Å². The van der Waals surface area contributed by atoms with E-state index in [2.05, 4.69) is 37.1 Å². The van der Waals surface area contributed by atoms with Crippen LogP contribution in [0.5, 0.6) is 0 Å². The van der Waals surface area contributed by atoms with Crippen molar-refractivity contribution in [2.24, 2.45) is 5.92 Å². The molecule has 0 spiro atoms. The fourth-order valence-corrected chi connectivity index (χ4v) is 1.72. The number of carbonyl (C=O) groups excluding carboxylic acids is 2. The Bertz CT molecular complexity index is 244. The van der Waals surface area contributed by atoms with Crippen LogP contribution in [-0.2, 0) is 9.59 Å². The average Bonchev–Trinajstić information content (AvgIpc) is 2.21. The van der Waals surface area contributed by atoms with Gasteiger partial charge in [-0.25, -0.2) is 0 Å². The van der Waals surface area contributed by atoms with Crippen LogP contribution in [0, 0.1) is 5.92 Å². The SMILES string of the molecule is CCC(NC(=O)C(CS)NC(C)=O)C(C)C. The van der Waals surface area contributed by atoms with Crippen molar-refractivity contribution in [3.63, 3.8) is 0 Å². The van der Waals surface area contributed by atoms with Gasteiger partial charge in [0.2, 0.25) is 11.8 Å². The minimum absolute atomic E-state index is 0.142. The third kappa shape index (κ3) is 5.39. The van der Waals surface area contributed by atoms with Gasteiger partial charge in [-0.2, -0.15) is 12.6 Å². The molecule has 5 heteroatoms. The van der Waals surface area contributed by atoms with Crippen LogP contribution in [0.1, 0.15) is 34.1 Å². The van der Waals surface area contributed by atoms with Crippen LogP contribution in [0.2, 0.25) is 0 Å². The summed E-state index contributed by atoms with van der Waals surface area (Å²) in [6.07, 6.45) is 0.878. The molecule has 0 aromatic rings. The Balaban J connectivity index is 4.34. The van der Waals surface area contributed by atoms with Crippen molar-refractivity contribution in [3.05, 3.63) is 0 Å². The zero-order valence-electron chi connectivity index (χ0n) is 10.4. The number of rotatable bonds is 6. The topological polar surface area (TPSA) is 58.2 Å². The van der Waals surface area contributed by atoms with Crippen molar-refractivity contribution in [2.75, 3.05) is 5.75 Å². The maximum Gasteiger partial charge on any atom is 0.243 e. The number of thiol groups is 1. The molecule has 16 heavy (non-hydrogen) atoms. The summed E-state index contributed by atoms with van der Waals surface area (Å²) in [6.45, 7) is 7.54. The average molecular weight is 246 g/mol. The van der Waals surface area contributed by atoms with Crippen molar-refractivity contribution in [2.45, 2.75) is 46.2 Å². The second-order valence-corrected chi connectivity index (χ2v) is 4.57. The first kappa shape index (κ1) is 15.3. The summed E-state index contributed by atoms with van der Waals surface area (Å²) in [4.78, 5) is 22.7. The smallest absolute Gasteiger partial charge is 0.243 e. The molecule has 0 radical (unpaired) electrons. The lowest BCUT2D eigenvalue weighted by Crippen LogP contribution is -2.51. The lowest BCUT2D eigenvalue weighted by Gasteiger charge is -2.24. The van der Waals surface area contributed by atoms with E-state index >= 15 is 0 Å². The van der Waals surface area contributed by atoms with Crippen molar-refractivity contribution in [3.8, 4) is 0 Å². The summed E-state index contributed by atoms with van der Waals surface area (Å²) in [6, 6.07) is -0.405. The van der Waals surface area contributed by atoms with Crippen molar-refractivity contribution >= 4 is 24.4 Å². The Morgan fingerprint density at radius 1 is 1.25 bits per heavy atom. The predicted octanol–water partition coefficient (Wildman–Crippen LogP) is 0.972. The van der Waals surface area contributed by atoms with E-state index in [1.807, 2.05) is 6.92 Å². The monoisotopic (exact) mass is 246 g/mol. The highest BCUT2D eigenvalue weighted by Crippen LogP contribution is 2.05. The Kier molecular flexibility index (Phi) is 7.21. The van der Waals surface area contributed by atoms with Gasteiger partial charge >= 0.3 is 0 Å². The van der Waals surface area contributed by atoms with Gasteiger partial charge in [0, 0.05) is 18.7 Å². The van der Waals surface area contributed by atoms with E-state index in [4.69, 9.17) is 0 Å². The summed E-state index contributed by atoms with van der Waals surface area (Å²) < 4.78 is 0. The summed E-state index contributed by atoms with van der Waals surface area (Å²) >= 11 is 4.06. The van der Waals surface area contributed by atoms with Gasteiger partial charge in [0.1, 0.15) is 6.04 Å². The number of hydrogen-bond donors (Lipinski definition) is 3. The van der Waals surface area contributed by atoms with Crippen LogP contribution in [-0.4, -0.2) is 29.7 Å². The van der Waals surface area contributed by atoms with Crippen LogP contribution in [0.3, 0.4) is 0 Å². The van der Waals surface area contributed by atoms with Crippen molar-refractivity contribution in [1.29, 1.82) is 0 Å². The molecule has 0 rings (SSSR count). The predicted molar refractivity (Wildman–Crippen MR) is 68.5 cm³/mol. The van der Waals surface area contributed by atoms with Gasteiger partial charge in [0.25, 0.3) is 0 Å². The van der Waals surface area contributed by atoms with Crippen LogP contribution in [0.15, 0.2) is 0 Å². The van der Waals surface area contributed by atoms with Gasteiger partial charge < -0.3 is 10.6 Å². The third-order valence-corrected chi connectivity index (χ3v) is 2.81. The Morgan fingerprint density at radius 3 is 2.12 bits per heavy atom.